The SMILES string of the molecule is COc1ccc2c(c1)n(CC1CCC(C(=O)Nc3ccc4ccsc4c3)CC1)c(=O)n2C. The van der Waals surface area contributed by atoms with Gasteiger partial charge >= 0.3 is 5.69 Å². The molecule has 2 aromatic heterocycles. The van der Waals surface area contributed by atoms with E-state index in [2.05, 4.69) is 22.8 Å². The molecule has 1 saturated carbocycles. The number of thiophene rings is 1. The van der Waals surface area contributed by atoms with Crippen LogP contribution in [0, 0.1) is 11.8 Å². The number of imidazole rings is 1. The standard InChI is InChI=1S/C25H27N3O3S/c1-27-21-10-9-20(31-2)14-22(21)28(25(27)30)15-16-3-5-18(6-4-16)24(29)26-19-8-7-17-11-12-32-23(17)13-19/h7-14,16,18H,3-6,15H2,1-2H3,(H,26,29). The van der Waals surface area contributed by atoms with E-state index in [9.17, 15) is 9.59 Å². The maximum Gasteiger partial charge on any atom is 0.328 e. The Hall–Kier alpha value is -3.06. The number of hydrogen-bond acceptors (Lipinski definition) is 4. The normalized spacial score (nSPS) is 18.8. The van der Waals surface area contributed by atoms with Crippen molar-refractivity contribution < 1.29 is 9.53 Å². The summed E-state index contributed by atoms with van der Waals surface area (Å²) in [4.78, 5) is 25.7. The van der Waals surface area contributed by atoms with Gasteiger partial charge in [0.25, 0.3) is 0 Å². The Kier molecular flexibility index (Phi) is 5.51. The molecule has 1 aliphatic rings. The number of nitrogens with zero attached hydrogens (tertiary/aromatic N) is 2. The molecule has 6 nitrogen and oxygen atoms in total. The van der Waals surface area contributed by atoms with Crippen molar-refractivity contribution in [3.63, 3.8) is 0 Å². The second-order valence-corrected chi connectivity index (χ2v) is 9.63. The summed E-state index contributed by atoms with van der Waals surface area (Å²) in [5.41, 5.74) is 2.67. The van der Waals surface area contributed by atoms with Gasteiger partial charge in [-0.25, -0.2) is 4.79 Å². The third kappa shape index (κ3) is 3.81. The van der Waals surface area contributed by atoms with E-state index in [0.29, 0.717) is 12.5 Å². The summed E-state index contributed by atoms with van der Waals surface area (Å²) >= 11 is 1.68. The molecular weight excluding hydrogens is 422 g/mol. The minimum absolute atomic E-state index is 0.00270. The smallest absolute Gasteiger partial charge is 0.328 e. The van der Waals surface area contributed by atoms with E-state index in [1.54, 1.807) is 23.0 Å². The predicted molar refractivity (Wildman–Crippen MR) is 130 cm³/mol. The molecule has 0 unspecified atom stereocenters. The second-order valence-electron chi connectivity index (χ2n) is 8.69. The van der Waals surface area contributed by atoms with Crippen LogP contribution in [0.25, 0.3) is 21.1 Å². The lowest BCUT2D eigenvalue weighted by atomic mass is 9.81. The monoisotopic (exact) mass is 449 g/mol. The molecule has 4 aromatic rings. The maximum atomic E-state index is 12.8. The Morgan fingerprint density at radius 3 is 2.69 bits per heavy atom. The number of hydrogen-bond donors (Lipinski definition) is 1. The highest BCUT2D eigenvalue weighted by molar-refractivity contribution is 7.17. The van der Waals surface area contributed by atoms with Gasteiger partial charge in [-0.3, -0.25) is 13.9 Å². The Morgan fingerprint density at radius 1 is 1.09 bits per heavy atom. The molecule has 0 radical (unpaired) electrons. The van der Waals surface area contributed by atoms with Crippen LogP contribution in [0.4, 0.5) is 5.69 Å². The van der Waals surface area contributed by atoms with E-state index in [-0.39, 0.29) is 17.5 Å². The fourth-order valence-corrected chi connectivity index (χ4v) is 5.66. The fraction of sp³-hybridized carbons (Fsp3) is 0.360. The summed E-state index contributed by atoms with van der Waals surface area (Å²) in [5, 5.41) is 6.37. The summed E-state index contributed by atoms with van der Waals surface area (Å²) in [6.07, 6.45) is 3.57. The third-order valence-corrected chi connectivity index (χ3v) is 7.61. The highest BCUT2D eigenvalue weighted by Gasteiger charge is 2.27. The summed E-state index contributed by atoms with van der Waals surface area (Å²) in [6, 6.07) is 13.9. The van der Waals surface area contributed by atoms with Crippen LogP contribution < -0.4 is 15.7 Å². The van der Waals surface area contributed by atoms with E-state index in [4.69, 9.17) is 4.74 Å². The van der Waals surface area contributed by atoms with E-state index < -0.39 is 0 Å². The highest BCUT2D eigenvalue weighted by Crippen LogP contribution is 2.32. The highest BCUT2D eigenvalue weighted by atomic mass is 32.1. The first-order valence-corrected chi connectivity index (χ1v) is 11.9. The van der Waals surface area contributed by atoms with Gasteiger partial charge in [-0.05, 0) is 72.7 Å². The Balaban J connectivity index is 1.24. The summed E-state index contributed by atoms with van der Waals surface area (Å²) in [6.45, 7) is 0.673. The number of ether oxygens (including phenoxy) is 1. The van der Waals surface area contributed by atoms with Gasteiger partial charge in [0.15, 0.2) is 0 Å². The van der Waals surface area contributed by atoms with Gasteiger partial charge in [0.05, 0.1) is 18.1 Å². The van der Waals surface area contributed by atoms with Crippen molar-refractivity contribution in [3.05, 3.63) is 58.3 Å². The molecule has 2 aromatic carbocycles. The molecule has 7 heteroatoms. The molecule has 1 aliphatic carbocycles. The van der Waals surface area contributed by atoms with Gasteiger partial charge in [0.2, 0.25) is 5.91 Å². The number of aromatic nitrogens is 2. The molecule has 1 N–H and O–H groups in total. The van der Waals surface area contributed by atoms with Crippen LogP contribution in [0.3, 0.4) is 0 Å². The molecule has 1 fully saturated rings. The predicted octanol–water partition coefficient (Wildman–Crippen LogP) is 5.01. The lowest BCUT2D eigenvalue weighted by molar-refractivity contribution is -0.121. The largest absolute Gasteiger partial charge is 0.497 e. The van der Waals surface area contributed by atoms with E-state index in [0.717, 1.165) is 48.2 Å². The van der Waals surface area contributed by atoms with Crippen LogP contribution >= 0.6 is 11.3 Å². The van der Waals surface area contributed by atoms with Gasteiger partial charge < -0.3 is 10.1 Å². The molecule has 1 amide bonds. The molecule has 0 atom stereocenters. The first-order chi connectivity index (χ1) is 15.5. The van der Waals surface area contributed by atoms with Gasteiger partial charge in [-0.15, -0.1) is 11.3 Å². The van der Waals surface area contributed by atoms with Crippen molar-refractivity contribution in [3.8, 4) is 5.75 Å². The number of benzene rings is 2. The summed E-state index contributed by atoms with van der Waals surface area (Å²) in [5.74, 6) is 1.26. The molecular formula is C25H27N3O3S. The summed E-state index contributed by atoms with van der Waals surface area (Å²) in [7, 11) is 3.44. The Morgan fingerprint density at radius 2 is 1.91 bits per heavy atom. The van der Waals surface area contributed by atoms with Crippen LogP contribution in [0.15, 0.2) is 52.6 Å². The van der Waals surface area contributed by atoms with Crippen molar-refractivity contribution in [1.29, 1.82) is 0 Å². The Bertz CT molecular complexity index is 1340. The van der Waals surface area contributed by atoms with Crippen molar-refractivity contribution in [2.75, 3.05) is 12.4 Å². The topological polar surface area (TPSA) is 65.3 Å². The number of fused-ring (bicyclic) bond motifs is 2. The van der Waals surface area contributed by atoms with Crippen molar-refractivity contribution in [1.82, 2.24) is 9.13 Å². The van der Waals surface area contributed by atoms with E-state index >= 15 is 0 Å². The van der Waals surface area contributed by atoms with Crippen LogP contribution in [-0.2, 0) is 18.4 Å². The van der Waals surface area contributed by atoms with E-state index in [1.807, 2.05) is 41.9 Å². The average molecular weight is 450 g/mol. The van der Waals surface area contributed by atoms with Crippen molar-refractivity contribution >= 4 is 44.1 Å². The number of rotatable bonds is 5. The van der Waals surface area contributed by atoms with Gasteiger partial charge in [0, 0.05) is 36.0 Å². The Labute approximate surface area is 190 Å². The van der Waals surface area contributed by atoms with E-state index in [1.165, 1.54) is 10.1 Å². The number of anilines is 1. The molecule has 0 aliphatic heterocycles. The zero-order valence-electron chi connectivity index (χ0n) is 18.3. The molecule has 2 heterocycles. The molecule has 0 spiro atoms. The van der Waals surface area contributed by atoms with Crippen molar-refractivity contribution in [2.24, 2.45) is 18.9 Å². The number of carbonyl (C=O) groups excluding carboxylic acids is 1. The summed E-state index contributed by atoms with van der Waals surface area (Å²) < 4.78 is 10.1. The number of nitrogens with one attached hydrogen (secondary N) is 1. The van der Waals surface area contributed by atoms with Crippen LogP contribution in [0.1, 0.15) is 25.7 Å². The van der Waals surface area contributed by atoms with Crippen LogP contribution in [0.2, 0.25) is 0 Å². The minimum atomic E-state index is -0.00270. The minimum Gasteiger partial charge on any atom is -0.497 e. The molecule has 166 valence electrons. The average Bonchev–Trinajstić information content (AvgIpc) is 3.37. The number of carbonyl (C=O) groups is 1. The van der Waals surface area contributed by atoms with Gasteiger partial charge in [0.1, 0.15) is 5.75 Å². The number of aryl methyl sites for hydroxylation is 1. The zero-order chi connectivity index (χ0) is 22.2. The quantitative estimate of drug-likeness (QED) is 0.466. The number of amides is 1. The molecule has 0 bridgehead atoms. The second kappa shape index (κ2) is 8.47. The zero-order valence-corrected chi connectivity index (χ0v) is 19.2. The third-order valence-electron chi connectivity index (χ3n) is 6.73. The maximum absolute atomic E-state index is 12.8. The molecule has 0 saturated heterocycles. The first kappa shape index (κ1) is 20.8. The van der Waals surface area contributed by atoms with Crippen LogP contribution in [-0.4, -0.2) is 22.2 Å². The number of methoxy groups -OCH3 is 1. The van der Waals surface area contributed by atoms with Crippen LogP contribution in [0.5, 0.6) is 5.75 Å². The lowest BCUT2D eigenvalue weighted by Gasteiger charge is -2.28. The van der Waals surface area contributed by atoms with Gasteiger partial charge in [-0.1, -0.05) is 6.07 Å². The lowest BCUT2D eigenvalue weighted by Crippen LogP contribution is -2.30. The van der Waals surface area contributed by atoms with Crippen molar-refractivity contribution in [2.45, 2.75) is 32.2 Å². The first-order valence-electron chi connectivity index (χ1n) is 11.0. The van der Waals surface area contributed by atoms with Gasteiger partial charge in [-0.2, -0.15) is 0 Å². The fourth-order valence-electron chi connectivity index (χ4n) is 4.84. The molecule has 32 heavy (non-hydrogen) atoms. The molecule has 5 rings (SSSR count).